The lowest BCUT2D eigenvalue weighted by atomic mass is 9.87. The second kappa shape index (κ2) is 4.68. The number of nitrogens with one attached hydrogen (secondary N) is 1. The molecule has 1 heterocycles. The van der Waals surface area contributed by atoms with Crippen LogP contribution in [-0.4, -0.2) is 14.5 Å². The van der Waals surface area contributed by atoms with Gasteiger partial charge in [0.2, 0.25) is 5.09 Å². The number of nitrogens with two attached hydrogens (primary N) is 1. The van der Waals surface area contributed by atoms with Crippen LogP contribution >= 0.6 is 0 Å². The molecule has 5 nitrogen and oxygen atoms in total. The predicted molar refractivity (Wildman–Crippen MR) is 68.3 cm³/mol. The summed E-state index contributed by atoms with van der Waals surface area (Å²) in [7, 11) is -3.74. The van der Waals surface area contributed by atoms with E-state index in [1.165, 1.54) is 18.9 Å². The molecule has 2 rings (SSSR count). The summed E-state index contributed by atoms with van der Waals surface area (Å²) in [5.41, 5.74) is 0.287. The van der Waals surface area contributed by atoms with Crippen molar-refractivity contribution in [2.45, 2.75) is 50.8 Å². The van der Waals surface area contributed by atoms with Gasteiger partial charge in [0.25, 0.3) is 10.0 Å². The van der Waals surface area contributed by atoms with Crippen LogP contribution < -0.4 is 10.5 Å². The minimum atomic E-state index is -3.74. The third-order valence-electron chi connectivity index (χ3n) is 3.70. The molecule has 0 aliphatic heterocycles. The highest BCUT2D eigenvalue weighted by Gasteiger charge is 2.33. The zero-order chi connectivity index (χ0) is 13.4. The van der Waals surface area contributed by atoms with E-state index in [0.717, 1.165) is 6.42 Å². The molecule has 1 unspecified atom stereocenters. The summed E-state index contributed by atoms with van der Waals surface area (Å²) in [6.07, 6.45) is 3.59. The van der Waals surface area contributed by atoms with Crippen molar-refractivity contribution in [3.05, 3.63) is 17.9 Å². The third-order valence-corrected chi connectivity index (χ3v) is 4.48. The molecule has 6 heteroatoms. The van der Waals surface area contributed by atoms with Crippen LogP contribution in [0.3, 0.4) is 0 Å². The van der Waals surface area contributed by atoms with Gasteiger partial charge in [-0.3, -0.25) is 0 Å². The molecule has 1 saturated carbocycles. The molecule has 3 N–H and O–H groups in total. The van der Waals surface area contributed by atoms with E-state index < -0.39 is 10.0 Å². The van der Waals surface area contributed by atoms with Crippen LogP contribution in [0.25, 0.3) is 0 Å². The molecule has 0 aromatic carbocycles. The Balaban J connectivity index is 1.97. The Labute approximate surface area is 108 Å². The van der Waals surface area contributed by atoms with Crippen molar-refractivity contribution < 1.29 is 12.8 Å². The Hall–Kier alpha value is -0.850. The average Bonchev–Trinajstić information content (AvgIpc) is 2.80. The highest BCUT2D eigenvalue weighted by atomic mass is 32.2. The van der Waals surface area contributed by atoms with Crippen molar-refractivity contribution in [3.8, 4) is 0 Å². The summed E-state index contributed by atoms with van der Waals surface area (Å²) in [6.45, 7) is 5.02. The van der Waals surface area contributed by atoms with E-state index in [1.54, 1.807) is 6.07 Å². The molecule has 0 bridgehead atoms. The minimum absolute atomic E-state index is 0.176. The van der Waals surface area contributed by atoms with Gasteiger partial charge >= 0.3 is 0 Å². The number of rotatable bonds is 4. The predicted octanol–water partition coefficient (Wildman–Crippen LogP) is 1.60. The Morgan fingerprint density at radius 1 is 1.50 bits per heavy atom. The lowest BCUT2D eigenvalue weighted by Gasteiger charge is -2.27. The van der Waals surface area contributed by atoms with Crippen molar-refractivity contribution in [1.82, 2.24) is 5.32 Å². The van der Waals surface area contributed by atoms with E-state index >= 15 is 0 Å². The van der Waals surface area contributed by atoms with E-state index in [1.807, 2.05) is 0 Å². The quantitative estimate of drug-likeness (QED) is 0.871. The van der Waals surface area contributed by atoms with Gasteiger partial charge in [0.05, 0.1) is 6.54 Å². The van der Waals surface area contributed by atoms with Gasteiger partial charge in [0, 0.05) is 6.04 Å². The highest BCUT2D eigenvalue weighted by molar-refractivity contribution is 7.89. The van der Waals surface area contributed by atoms with E-state index in [9.17, 15) is 8.42 Å². The third kappa shape index (κ3) is 2.93. The molecule has 102 valence electrons. The highest BCUT2D eigenvalue weighted by Crippen LogP contribution is 2.37. The molecule has 1 aliphatic rings. The molecule has 1 aromatic heterocycles. The van der Waals surface area contributed by atoms with Crippen LogP contribution in [-0.2, 0) is 16.6 Å². The SMILES string of the molecule is CC1(C)CCCC1NCc1ccc(S(N)(=O)=O)o1. The minimum Gasteiger partial charge on any atom is -0.447 e. The summed E-state index contributed by atoms with van der Waals surface area (Å²) in [5, 5.41) is 8.24. The van der Waals surface area contributed by atoms with Gasteiger partial charge in [0.1, 0.15) is 5.76 Å². The number of hydrogen-bond donors (Lipinski definition) is 2. The lowest BCUT2D eigenvalue weighted by Crippen LogP contribution is -2.37. The Morgan fingerprint density at radius 2 is 2.22 bits per heavy atom. The second-order valence-electron chi connectivity index (χ2n) is 5.58. The lowest BCUT2D eigenvalue weighted by molar-refractivity contribution is 0.272. The van der Waals surface area contributed by atoms with Crippen LogP contribution in [0.4, 0.5) is 0 Å². The number of primary sulfonamides is 1. The molecular formula is C12H20N2O3S. The first-order valence-corrected chi connectivity index (χ1v) is 7.68. The Morgan fingerprint density at radius 3 is 2.72 bits per heavy atom. The van der Waals surface area contributed by atoms with Crippen LogP contribution in [0.5, 0.6) is 0 Å². The number of sulfonamides is 1. The summed E-state index contributed by atoms with van der Waals surface area (Å²) in [6, 6.07) is 3.49. The number of hydrogen-bond acceptors (Lipinski definition) is 4. The topological polar surface area (TPSA) is 85.3 Å². The van der Waals surface area contributed by atoms with Gasteiger partial charge in [-0.05, 0) is 30.4 Å². The van der Waals surface area contributed by atoms with Crippen molar-refractivity contribution in [2.24, 2.45) is 10.6 Å². The van der Waals surface area contributed by atoms with Crippen LogP contribution in [0.2, 0.25) is 0 Å². The molecule has 18 heavy (non-hydrogen) atoms. The summed E-state index contributed by atoms with van der Waals surface area (Å²) < 4.78 is 27.3. The molecule has 1 fully saturated rings. The van der Waals surface area contributed by atoms with E-state index in [4.69, 9.17) is 9.56 Å². The van der Waals surface area contributed by atoms with E-state index in [-0.39, 0.29) is 10.5 Å². The first-order valence-electron chi connectivity index (χ1n) is 6.14. The zero-order valence-corrected chi connectivity index (χ0v) is 11.6. The summed E-state index contributed by atoms with van der Waals surface area (Å²) in [4.78, 5) is 0. The maximum absolute atomic E-state index is 11.1. The summed E-state index contributed by atoms with van der Waals surface area (Å²) >= 11 is 0. The Bertz CT molecular complexity index is 519. The first kappa shape index (κ1) is 13.6. The van der Waals surface area contributed by atoms with E-state index in [0.29, 0.717) is 18.3 Å². The molecule has 1 aromatic rings. The standard InChI is InChI=1S/C12H20N2O3S/c1-12(2)7-3-4-10(12)14-8-9-5-6-11(17-9)18(13,15)16/h5-6,10,14H,3-4,7-8H2,1-2H3,(H2,13,15,16). The Kier molecular flexibility index (Phi) is 3.53. The fourth-order valence-corrected chi connectivity index (χ4v) is 3.02. The molecule has 0 amide bonds. The fourth-order valence-electron chi connectivity index (χ4n) is 2.54. The maximum Gasteiger partial charge on any atom is 0.271 e. The van der Waals surface area contributed by atoms with Gasteiger partial charge in [0.15, 0.2) is 0 Å². The van der Waals surface area contributed by atoms with Crippen molar-refractivity contribution in [1.29, 1.82) is 0 Å². The molecule has 1 atom stereocenters. The fraction of sp³-hybridized carbons (Fsp3) is 0.667. The molecule has 0 saturated heterocycles. The van der Waals surface area contributed by atoms with Gasteiger partial charge < -0.3 is 9.73 Å². The van der Waals surface area contributed by atoms with Gasteiger partial charge in [-0.2, -0.15) is 0 Å². The monoisotopic (exact) mass is 272 g/mol. The second-order valence-corrected chi connectivity index (χ2v) is 7.07. The number of furan rings is 1. The van der Waals surface area contributed by atoms with Crippen molar-refractivity contribution in [2.75, 3.05) is 0 Å². The molecule has 0 spiro atoms. The smallest absolute Gasteiger partial charge is 0.271 e. The zero-order valence-electron chi connectivity index (χ0n) is 10.8. The van der Waals surface area contributed by atoms with Crippen molar-refractivity contribution in [3.63, 3.8) is 0 Å². The van der Waals surface area contributed by atoms with Crippen molar-refractivity contribution >= 4 is 10.0 Å². The van der Waals surface area contributed by atoms with E-state index in [2.05, 4.69) is 19.2 Å². The first-order chi connectivity index (χ1) is 8.29. The van der Waals surface area contributed by atoms with Crippen LogP contribution in [0.1, 0.15) is 38.9 Å². The van der Waals surface area contributed by atoms with Crippen LogP contribution in [0.15, 0.2) is 21.6 Å². The van der Waals surface area contributed by atoms with Gasteiger partial charge in [-0.25, -0.2) is 13.6 Å². The maximum atomic E-state index is 11.1. The summed E-state index contributed by atoms with van der Waals surface area (Å²) in [5.74, 6) is 0.599. The average molecular weight is 272 g/mol. The van der Waals surface area contributed by atoms with Gasteiger partial charge in [-0.15, -0.1) is 0 Å². The normalized spacial score (nSPS) is 23.4. The van der Waals surface area contributed by atoms with Gasteiger partial charge in [-0.1, -0.05) is 20.3 Å². The molecule has 0 radical (unpaired) electrons. The van der Waals surface area contributed by atoms with Crippen LogP contribution in [0, 0.1) is 5.41 Å². The largest absolute Gasteiger partial charge is 0.447 e. The molecule has 1 aliphatic carbocycles. The molecular weight excluding hydrogens is 252 g/mol.